The van der Waals surface area contributed by atoms with Crippen LogP contribution < -0.4 is 10.6 Å². The van der Waals surface area contributed by atoms with Crippen LogP contribution in [0, 0.1) is 12.8 Å². The maximum absolute atomic E-state index is 12.6. The van der Waals surface area contributed by atoms with E-state index in [-0.39, 0.29) is 12.6 Å². The zero-order valence-electron chi connectivity index (χ0n) is 17.6. The fraction of sp³-hybridized carbons (Fsp3) is 0.348. The number of carbonyl (C=O) groups is 3. The van der Waals surface area contributed by atoms with E-state index in [1.807, 2.05) is 25.1 Å². The van der Waals surface area contributed by atoms with Gasteiger partial charge in [0.1, 0.15) is 0 Å². The van der Waals surface area contributed by atoms with Gasteiger partial charge in [-0.25, -0.2) is 4.79 Å². The van der Waals surface area contributed by atoms with Crippen LogP contribution in [0.1, 0.15) is 25.3 Å². The van der Waals surface area contributed by atoms with Crippen molar-refractivity contribution in [3.8, 4) is 0 Å². The molecule has 0 aliphatic carbocycles. The molecule has 2 aromatic rings. The number of esters is 1. The Morgan fingerprint density at radius 1 is 1.13 bits per heavy atom. The number of likely N-dealkylation sites (tertiary alicyclic amines) is 1. The number of hydrogen-bond acceptors (Lipinski definition) is 4. The first kappa shape index (κ1) is 22.6. The number of amides is 3. The van der Waals surface area contributed by atoms with Gasteiger partial charge in [0, 0.05) is 29.5 Å². The monoisotopic (exact) mass is 443 g/mol. The van der Waals surface area contributed by atoms with E-state index in [1.165, 1.54) is 6.92 Å². The quantitative estimate of drug-likeness (QED) is 0.667. The van der Waals surface area contributed by atoms with Gasteiger partial charge in [-0.05, 0) is 56.5 Å². The number of rotatable bonds is 5. The molecule has 0 radical (unpaired) electrons. The van der Waals surface area contributed by atoms with Crippen LogP contribution in [0.25, 0.3) is 0 Å². The highest BCUT2D eigenvalue weighted by atomic mass is 35.5. The number of nitrogens with one attached hydrogen (secondary N) is 2. The molecule has 0 spiro atoms. The largest absolute Gasteiger partial charge is 0.452 e. The predicted octanol–water partition coefficient (Wildman–Crippen LogP) is 4.46. The molecule has 31 heavy (non-hydrogen) atoms. The Morgan fingerprint density at radius 3 is 2.61 bits per heavy atom. The minimum Gasteiger partial charge on any atom is -0.452 e. The smallest absolute Gasteiger partial charge is 0.321 e. The highest BCUT2D eigenvalue weighted by Crippen LogP contribution is 2.22. The lowest BCUT2D eigenvalue weighted by Crippen LogP contribution is -2.45. The normalized spacial score (nSPS) is 16.9. The molecule has 2 atom stereocenters. The van der Waals surface area contributed by atoms with Crippen molar-refractivity contribution < 1.29 is 19.1 Å². The molecule has 1 fully saturated rings. The molecular formula is C23H26ClN3O4. The van der Waals surface area contributed by atoms with Crippen LogP contribution in [0.5, 0.6) is 0 Å². The Balaban J connectivity index is 1.53. The summed E-state index contributed by atoms with van der Waals surface area (Å²) in [5.41, 5.74) is 2.12. The van der Waals surface area contributed by atoms with Crippen molar-refractivity contribution in [2.45, 2.75) is 32.8 Å². The van der Waals surface area contributed by atoms with Crippen LogP contribution in [0.2, 0.25) is 5.02 Å². The Morgan fingerprint density at radius 2 is 1.87 bits per heavy atom. The first-order valence-electron chi connectivity index (χ1n) is 10.2. The van der Waals surface area contributed by atoms with Crippen molar-refractivity contribution in [2.75, 3.05) is 23.7 Å². The summed E-state index contributed by atoms with van der Waals surface area (Å²) in [4.78, 5) is 39.2. The summed E-state index contributed by atoms with van der Waals surface area (Å²) in [6.07, 6.45) is 0.319. The van der Waals surface area contributed by atoms with Crippen molar-refractivity contribution in [1.29, 1.82) is 0 Å². The van der Waals surface area contributed by atoms with Gasteiger partial charge in [-0.1, -0.05) is 35.9 Å². The van der Waals surface area contributed by atoms with E-state index < -0.39 is 23.9 Å². The summed E-state index contributed by atoms with van der Waals surface area (Å²) in [5, 5.41) is 6.07. The van der Waals surface area contributed by atoms with Gasteiger partial charge >= 0.3 is 12.0 Å². The SMILES string of the molecule is Cc1ccc(Cl)cc1NC(=O)C(C)OC(=O)C1CCCN(C(=O)Nc2ccccc2)C1. The number of ether oxygens (including phenoxy) is 1. The number of anilines is 2. The van der Waals surface area contributed by atoms with Gasteiger partial charge in [0.05, 0.1) is 5.92 Å². The highest BCUT2D eigenvalue weighted by molar-refractivity contribution is 6.31. The summed E-state index contributed by atoms with van der Waals surface area (Å²) in [7, 11) is 0. The van der Waals surface area contributed by atoms with Gasteiger partial charge in [-0.2, -0.15) is 0 Å². The minimum absolute atomic E-state index is 0.249. The molecule has 1 aliphatic heterocycles. The first-order chi connectivity index (χ1) is 14.8. The third-order valence-corrected chi connectivity index (χ3v) is 5.42. The van der Waals surface area contributed by atoms with E-state index >= 15 is 0 Å². The first-order valence-corrected chi connectivity index (χ1v) is 10.6. The van der Waals surface area contributed by atoms with Gasteiger partial charge in [-0.15, -0.1) is 0 Å². The topological polar surface area (TPSA) is 87.7 Å². The van der Waals surface area contributed by atoms with Crippen LogP contribution >= 0.6 is 11.6 Å². The number of benzene rings is 2. The lowest BCUT2D eigenvalue weighted by atomic mass is 9.98. The van der Waals surface area contributed by atoms with Crippen molar-refractivity contribution in [1.82, 2.24) is 4.90 Å². The molecule has 3 amide bonds. The van der Waals surface area contributed by atoms with E-state index in [4.69, 9.17) is 16.3 Å². The maximum atomic E-state index is 12.6. The van der Waals surface area contributed by atoms with Crippen molar-refractivity contribution in [3.63, 3.8) is 0 Å². The number of halogens is 1. The summed E-state index contributed by atoms with van der Waals surface area (Å²) >= 11 is 5.98. The lowest BCUT2D eigenvalue weighted by Gasteiger charge is -2.32. The van der Waals surface area contributed by atoms with E-state index in [2.05, 4.69) is 10.6 Å². The van der Waals surface area contributed by atoms with Crippen LogP contribution in [0.15, 0.2) is 48.5 Å². The van der Waals surface area contributed by atoms with Crippen molar-refractivity contribution >= 4 is 40.9 Å². The third-order valence-electron chi connectivity index (χ3n) is 5.19. The molecule has 7 nitrogen and oxygen atoms in total. The molecule has 1 heterocycles. The predicted molar refractivity (Wildman–Crippen MR) is 120 cm³/mol. The van der Waals surface area contributed by atoms with Gasteiger partial charge in [0.25, 0.3) is 5.91 Å². The summed E-state index contributed by atoms with van der Waals surface area (Å²) < 4.78 is 5.40. The Labute approximate surface area is 186 Å². The summed E-state index contributed by atoms with van der Waals surface area (Å²) in [6, 6.07) is 14.1. The van der Waals surface area contributed by atoms with Gasteiger partial charge in [-0.3, -0.25) is 9.59 Å². The van der Waals surface area contributed by atoms with E-state index in [0.29, 0.717) is 35.8 Å². The molecular weight excluding hydrogens is 418 g/mol. The lowest BCUT2D eigenvalue weighted by molar-refractivity contribution is -0.158. The standard InChI is InChI=1S/C23H26ClN3O4/c1-15-10-11-18(24)13-20(15)26-21(28)16(2)31-22(29)17-7-6-12-27(14-17)23(30)25-19-8-4-3-5-9-19/h3-5,8-11,13,16-17H,6-7,12,14H2,1-2H3,(H,25,30)(H,26,28). The van der Waals surface area contributed by atoms with Crippen LogP contribution in [-0.4, -0.2) is 42.0 Å². The molecule has 2 unspecified atom stereocenters. The number of aryl methyl sites for hydroxylation is 1. The maximum Gasteiger partial charge on any atom is 0.321 e. The zero-order valence-corrected chi connectivity index (χ0v) is 18.3. The second-order valence-electron chi connectivity index (χ2n) is 7.61. The fourth-order valence-corrected chi connectivity index (χ4v) is 3.54. The molecule has 2 aromatic carbocycles. The molecule has 0 aromatic heterocycles. The Bertz CT molecular complexity index is 951. The van der Waals surface area contributed by atoms with E-state index in [1.54, 1.807) is 35.2 Å². The molecule has 3 rings (SSSR count). The van der Waals surface area contributed by atoms with E-state index in [9.17, 15) is 14.4 Å². The van der Waals surface area contributed by atoms with Crippen molar-refractivity contribution in [3.05, 3.63) is 59.1 Å². The average molecular weight is 444 g/mol. The summed E-state index contributed by atoms with van der Waals surface area (Å²) in [6.45, 7) is 4.18. The summed E-state index contributed by atoms with van der Waals surface area (Å²) in [5.74, 6) is -1.39. The molecule has 1 saturated heterocycles. The van der Waals surface area contributed by atoms with Gasteiger partial charge in [0.2, 0.25) is 0 Å². The Kier molecular flexibility index (Phi) is 7.52. The number of urea groups is 1. The van der Waals surface area contributed by atoms with Crippen molar-refractivity contribution in [2.24, 2.45) is 5.92 Å². The molecule has 2 N–H and O–H groups in total. The Hall–Kier alpha value is -3.06. The molecule has 0 bridgehead atoms. The second-order valence-corrected chi connectivity index (χ2v) is 8.05. The zero-order chi connectivity index (χ0) is 22.4. The minimum atomic E-state index is -0.973. The third kappa shape index (κ3) is 6.21. The number of carbonyl (C=O) groups excluding carboxylic acids is 3. The van der Waals surface area contributed by atoms with Gasteiger partial charge < -0.3 is 20.3 Å². The highest BCUT2D eigenvalue weighted by Gasteiger charge is 2.31. The number of piperidine rings is 1. The van der Waals surface area contributed by atoms with E-state index in [0.717, 1.165) is 5.56 Å². The average Bonchev–Trinajstić information content (AvgIpc) is 2.77. The molecule has 8 heteroatoms. The number of para-hydroxylation sites is 1. The molecule has 164 valence electrons. The van der Waals surface area contributed by atoms with Crippen LogP contribution in [0.4, 0.5) is 16.2 Å². The fourth-order valence-electron chi connectivity index (χ4n) is 3.37. The second kappa shape index (κ2) is 10.3. The van der Waals surface area contributed by atoms with Gasteiger partial charge in [0.15, 0.2) is 6.10 Å². The van der Waals surface area contributed by atoms with Crippen LogP contribution in [-0.2, 0) is 14.3 Å². The number of nitrogens with zero attached hydrogens (tertiary/aromatic N) is 1. The molecule has 1 aliphatic rings. The molecule has 0 saturated carbocycles. The van der Waals surface area contributed by atoms with Crippen LogP contribution in [0.3, 0.4) is 0 Å². The number of hydrogen-bond donors (Lipinski definition) is 2.